The van der Waals surface area contributed by atoms with Gasteiger partial charge in [0.15, 0.2) is 0 Å². The SMILES string of the molecule is Cc1ccc(S(=O)(=O)N2CC=C(c3c[nH]c4cccnc34)CC2)cc1C. The molecule has 0 saturated heterocycles. The van der Waals surface area contributed by atoms with Gasteiger partial charge in [0, 0.05) is 31.0 Å². The highest BCUT2D eigenvalue weighted by molar-refractivity contribution is 7.89. The fourth-order valence-corrected chi connectivity index (χ4v) is 4.80. The van der Waals surface area contributed by atoms with E-state index < -0.39 is 10.0 Å². The second kappa shape index (κ2) is 6.37. The van der Waals surface area contributed by atoms with Crippen molar-refractivity contribution in [3.8, 4) is 0 Å². The van der Waals surface area contributed by atoms with Crippen molar-refractivity contribution in [2.45, 2.75) is 25.2 Å². The fourth-order valence-electron chi connectivity index (χ4n) is 3.34. The Bertz CT molecular complexity index is 1110. The Morgan fingerprint density at radius 2 is 2.00 bits per heavy atom. The molecule has 3 aromatic rings. The number of hydrogen-bond acceptors (Lipinski definition) is 3. The molecule has 0 bridgehead atoms. The number of sulfonamides is 1. The van der Waals surface area contributed by atoms with Crippen molar-refractivity contribution in [1.29, 1.82) is 0 Å². The van der Waals surface area contributed by atoms with E-state index >= 15 is 0 Å². The van der Waals surface area contributed by atoms with E-state index in [-0.39, 0.29) is 0 Å². The summed E-state index contributed by atoms with van der Waals surface area (Å²) >= 11 is 0. The summed E-state index contributed by atoms with van der Waals surface area (Å²) in [5.41, 5.74) is 6.21. The summed E-state index contributed by atoms with van der Waals surface area (Å²) in [5.74, 6) is 0. The first-order chi connectivity index (χ1) is 12.5. The van der Waals surface area contributed by atoms with Crippen LogP contribution in [0.1, 0.15) is 23.1 Å². The van der Waals surface area contributed by atoms with E-state index in [4.69, 9.17) is 0 Å². The monoisotopic (exact) mass is 367 g/mol. The first-order valence-electron chi connectivity index (χ1n) is 8.66. The van der Waals surface area contributed by atoms with Crippen molar-refractivity contribution in [1.82, 2.24) is 14.3 Å². The lowest BCUT2D eigenvalue weighted by Gasteiger charge is -2.26. The molecule has 134 valence electrons. The van der Waals surface area contributed by atoms with Gasteiger partial charge in [0.1, 0.15) is 0 Å². The Hall–Kier alpha value is -2.44. The Morgan fingerprint density at radius 3 is 2.73 bits per heavy atom. The number of rotatable bonds is 3. The van der Waals surface area contributed by atoms with Crippen LogP contribution in [0.3, 0.4) is 0 Å². The molecule has 26 heavy (non-hydrogen) atoms. The number of aromatic amines is 1. The van der Waals surface area contributed by atoms with Gasteiger partial charge in [-0.2, -0.15) is 4.31 Å². The molecule has 0 amide bonds. The van der Waals surface area contributed by atoms with Crippen LogP contribution in [0.5, 0.6) is 0 Å². The number of nitrogens with one attached hydrogen (secondary N) is 1. The summed E-state index contributed by atoms with van der Waals surface area (Å²) in [6.45, 7) is 4.77. The lowest BCUT2D eigenvalue weighted by molar-refractivity contribution is 0.441. The van der Waals surface area contributed by atoms with E-state index in [1.54, 1.807) is 22.6 Å². The van der Waals surface area contributed by atoms with Gasteiger partial charge in [0.2, 0.25) is 10.0 Å². The van der Waals surface area contributed by atoms with Gasteiger partial charge >= 0.3 is 0 Å². The number of pyridine rings is 1. The standard InChI is InChI=1S/C20H21N3O2S/c1-14-5-6-17(12-15(14)2)26(24,25)23-10-7-16(8-11-23)18-13-22-19-4-3-9-21-20(18)19/h3-7,9,12-13,22H,8,10-11H2,1-2H3. The highest BCUT2D eigenvalue weighted by Crippen LogP contribution is 2.30. The van der Waals surface area contributed by atoms with Gasteiger partial charge in [-0.3, -0.25) is 4.98 Å². The molecule has 0 aliphatic carbocycles. The molecule has 4 rings (SSSR count). The van der Waals surface area contributed by atoms with E-state index in [1.165, 1.54) is 0 Å². The van der Waals surface area contributed by atoms with Crippen LogP contribution in [-0.4, -0.2) is 35.8 Å². The maximum absolute atomic E-state index is 12.9. The third-order valence-electron chi connectivity index (χ3n) is 5.07. The van der Waals surface area contributed by atoms with E-state index in [1.807, 2.05) is 44.3 Å². The van der Waals surface area contributed by atoms with Gasteiger partial charge < -0.3 is 4.98 Å². The molecule has 0 atom stereocenters. The average molecular weight is 367 g/mol. The molecule has 1 aromatic carbocycles. The van der Waals surface area contributed by atoms with Gasteiger partial charge in [-0.05, 0) is 61.2 Å². The fraction of sp³-hybridized carbons (Fsp3) is 0.250. The second-order valence-electron chi connectivity index (χ2n) is 6.69. The van der Waals surface area contributed by atoms with E-state index in [0.717, 1.165) is 33.3 Å². The van der Waals surface area contributed by atoms with Crippen LogP contribution in [-0.2, 0) is 10.0 Å². The smallest absolute Gasteiger partial charge is 0.243 e. The third-order valence-corrected chi connectivity index (χ3v) is 6.93. The quantitative estimate of drug-likeness (QED) is 0.768. The number of H-pyrrole nitrogens is 1. The van der Waals surface area contributed by atoms with Crippen LogP contribution in [0.4, 0.5) is 0 Å². The molecular weight excluding hydrogens is 346 g/mol. The number of benzene rings is 1. The van der Waals surface area contributed by atoms with Crippen LogP contribution in [0.25, 0.3) is 16.6 Å². The van der Waals surface area contributed by atoms with Crippen LogP contribution >= 0.6 is 0 Å². The van der Waals surface area contributed by atoms with Gasteiger partial charge in [-0.1, -0.05) is 12.1 Å². The highest BCUT2D eigenvalue weighted by atomic mass is 32.2. The van der Waals surface area contributed by atoms with Gasteiger partial charge in [-0.25, -0.2) is 8.42 Å². The number of hydrogen-bond donors (Lipinski definition) is 1. The first kappa shape index (κ1) is 17.0. The molecule has 5 nitrogen and oxygen atoms in total. The Kier molecular flexibility index (Phi) is 4.17. The normalized spacial score (nSPS) is 16.0. The molecule has 1 N–H and O–H groups in total. The van der Waals surface area contributed by atoms with Gasteiger partial charge in [-0.15, -0.1) is 0 Å². The van der Waals surface area contributed by atoms with Crippen LogP contribution in [0, 0.1) is 13.8 Å². The van der Waals surface area contributed by atoms with Crippen molar-refractivity contribution in [3.05, 3.63) is 65.5 Å². The zero-order valence-electron chi connectivity index (χ0n) is 14.9. The number of nitrogens with zero attached hydrogens (tertiary/aromatic N) is 2. The van der Waals surface area contributed by atoms with Crippen LogP contribution in [0.15, 0.2) is 53.7 Å². The van der Waals surface area contributed by atoms with Crippen molar-refractivity contribution in [2.75, 3.05) is 13.1 Å². The molecule has 0 fully saturated rings. The minimum atomic E-state index is -3.47. The maximum Gasteiger partial charge on any atom is 0.243 e. The minimum absolute atomic E-state index is 0.367. The Morgan fingerprint density at radius 1 is 1.15 bits per heavy atom. The first-order valence-corrected chi connectivity index (χ1v) is 10.1. The summed E-state index contributed by atoms with van der Waals surface area (Å²) in [5, 5.41) is 0. The zero-order valence-corrected chi connectivity index (χ0v) is 15.7. The highest BCUT2D eigenvalue weighted by Gasteiger charge is 2.27. The van der Waals surface area contributed by atoms with E-state index in [9.17, 15) is 8.42 Å². The molecule has 1 aliphatic rings. The van der Waals surface area contributed by atoms with Crippen molar-refractivity contribution < 1.29 is 8.42 Å². The maximum atomic E-state index is 12.9. The molecule has 6 heteroatoms. The molecule has 2 aromatic heterocycles. The van der Waals surface area contributed by atoms with Crippen LogP contribution < -0.4 is 0 Å². The van der Waals surface area contributed by atoms with E-state index in [0.29, 0.717) is 24.4 Å². The lowest BCUT2D eigenvalue weighted by atomic mass is 10.0. The van der Waals surface area contributed by atoms with Gasteiger partial charge in [0.05, 0.1) is 15.9 Å². The van der Waals surface area contributed by atoms with E-state index in [2.05, 4.69) is 9.97 Å². The predicted molar refractivity (Wildman–Crippen MR) is 103 cm³/mol. The molecule has 3 heterocycles. The molecule has 0 unspecified atom stereocenters. The Balaban J connectivity index is 1.61. The third kappa shape index (κ3) is 2.85. The topological polar surface area (TPSA) is 66.1 Å². The summed E-state index contributed by atoms with van der Waals surface area (Å²) < 4.78 is 27.4. The summed E-state index contributed by atoms with van der Waals surface area (Å²) in [4.78, 5) is 8.04. The number of fused-ring (bicyclic) bond motifs is 1. The Labute approximate surface area is 153 Å². The number of aryl methyl sites for hydroxylation is 2. The average Bonchev–Trinajstić information content (AvgIpc) is 3.08. The zero-order chi connectivity index (χ0) is 18.3. The number of aromatic nitrogens is 2. The van der Waals surface area contributed by atoms with Crippen molar-refractivity contribution in [2.24, 2.45) is 0 Å². The lowest BCUT2D eigenvalue weighted by Crippen LogP contribution is -2.34. The molecule has 1 aliphatic heterocycles. The summed E-state index contributed by atoms with van der Waals surface area (Å²) in [6.07, 6.45) is 6.41. The van der Waals surface area contributed by atoms with Crippen molar-refractivity contribution >= 4 is 26.6 Å². The molecule has 0 saturated carbocycles. The second-order valence-corrected chi connectivity index (χ2v) is 8.63. The minimum Gasteiger partial charge on any atom is -0.359 e. The molecular formula is C20H21N3O2S. The largest absolute Gasteiger partial charge is 0.359 e. The molecule has 0 spiro atoms. The molecule has 0 radical (unpaired) electrons. The summed E-state index contributed by atoms with van der Waals surface area (Å²) in [7, 11) is -3.47. The predicted octanol–water partition coefficient (Wildman–Crippen LogP) is 3.66. The summed E-state index contributed by atoms with van der Waals surface area (Å²) in [6, 6.07) is 9.21. The van der Waals surface area contributed by atoms with Crippen LogP contribution in [0.2, 0.25) is 0 Å². The van der Waals surface area contributed by atoms with Crippen molar-refractivity contribution in [3.63, 3.8) is 0 Å². The van der Waals surface area contributed by atoms with Gasteiger partial charge in [0.25, 0.3) is 0 Å².